The van der Waals surface area contributed by atoms with Crippen molar-refractivity contribution in [3.63, 3.8) is 0 Å². The fourth-order valence-electron chi connectivity index (χ4n) is 1.17. The van der Waals surface area contributed by atoms with Crippen LogP contribution >= 0.6 is 12.2 Å². The maximum Gasteiger partial charge on any atom is 0.309 e. The molecule has 0 aromatic heterocycles. The van der Waals surface area contributed by atoms with Crippen molar-refractivity contribution in [1.29, 1.82) is 0 Å². The van der Waals surface area contributed by atoms with Crippen LogP contribution in [0.4, 0.5) is 0 Å². The van der Waals surface area contributed by atoms with E-state index in [-0.39, 0.29) is 18.1 Å². The molecule has 19 heavy (non-hydrogen) atoms. The van der Waals surface area contributed by atoms with Gasteiger partial charge in [-0.1, -0.05) is 12.2 Å². The minimum absolute atomic E-state index is 0.0423. The molecular weight excluding hydrogens is 292 g/mol. The molecule has 10 heteroatoms. The third-order valence-electron chi connectivity index (χ3n) is 1.78. The predicted octanol–water partition coefficient (Wildman–Crippen LogP) is -2.17. The number of carbonyl (C=O) groups is 2. The summed E-state index contributed by atoms with van der Waals surface area (Å²) >= 11 is 4.54. The molecule has 0 atom stereocenters. The fourth-order valence-corrected chi connectivity index (χ4v) is 2.32. The standard InChI is InChI=1S/C9H18N4O4S2/c1-9(2,13-19(3,16)17)5-12-8(15)7(14)11-4-6(10)18/h13H,4-5H2,1-3H3,(H2,10,18)(H,11,14)(H,12,15). The molecule has 0 saturated heterocycles. The number of nitrogens with one attached hydrogen (secondary N) is 3. The SMILES string of the molecule is CC(C)(CNC(=O)C(=O)NCC(N)=S)NS(C)(=O)=O. The van der Waals surface area contributed by atoms with E-state index in [1.807, 2.05) is 0 Å². The van der Waals surface area contributed by atoms with Crippen molar-refractivity contribution in [1.82, 2.24) is 15.4 Å². The minimum atomic E-state index is -3.41. The summed E-state index contributed by atoms with van der Waals surface area (Å²) in [7, 11) is -3.41. The van der Waals surface area contributed by atoms with Crippen LogP contribution in [0, 0.1) is 0 Å². The maximum atomic E-state index is 11.4. The van der Waals surface area contributed by atoms with Crippen molar-refractivity contribution in [2.24, 2.45) is 5.73 Å². The molecule has 0 aliphatic heterocycles. The molecule has 0 unspecified atom stereocenters. The molecule has 0 aliphatic rings. The van der Waals surface area contributed by atoms with Gasteiger partial charge in [-0.15, -0.1) is 0 Å². The van der Waals surface area contributed by atoms with E-state index in [1.54, 1.807) is 13.8 Å². The molecule has 0 radical (unpaired) electrons. The summed E-state index contributed by atoms with van der Waals surface area (Å²) < 4.78 is 24.5. The monoisotopic (exact) mass is 310 g/mol. The van der Waals surface area contributed by atoms with E-state index in [2.05, 4.69) is 27.6 Å². The summed E-state index contributed by atoms with van der Waals surface area (Å²) in [5.74, 6) is -1.78. The van der Waals surface area contributed by atoms with E-state index in [9.17, 15) is 18.0 Å². The number of carbonyl (C=O) groups excluding carboxylic acids is 2. The Bertz CT molecular complexity index is 473. The normalized spacial score (nSPS) is 11.7. The molecule has 0 aromatic carbocycles. The van der Waals surface area contributed by atoms with Gasteiger partial charge < -0.3 is 16.4 Å². The Hall–Kier alpha value is -1.26. The van der Waals surface area contributed by atoms with Gasteiger partial charge in [0.05, 0.1) is 17.8 Å². The first-order valence-corrected chi connectivity index (χ1v) is 7.56. The lowest BCUT2D eigenvalue weighted by molar-refractivity contribution is -0.139. The second-order valence-electron chi connectivity index (χ2n) is 4.59. The Balaban J connectivity index is 4.29. The minimum Gasteiger partial charge on any atom is -0.392 e. The number of nitrogens with two attached hydrogens (primary N) is 1. The van der Waals surface area contributed by atoms with E-state index < -0.39 is 27.4 Å². The molecule has 8 nitrogen and oxygen atoms in total. The van der Waals surface area contributed by atoms with Crippen LogP contribution in [-0.2, 0) is 19.6 Å². The smallest absolute Gasteiger partial charge is 0.309 e. The van der Waals surface area contributed by atoms with Crippen molar-refractivity contribution in [2.45, 2.75) is 19.4 Å². The zero-order valence-corrected chi connectivity index (χ0v) is 12.6. The van der Waals surface area contributed by atoms with Gasteiger partial charge in [0.1, 0.15) is 0 Å². The van der Waals surface area contributed by atoms with Crippen molar-refractivity contribution in [2.75, 3.05) is 19.3 Å². The van der Waals surface area contributed by atoms with Crippen LogP contribution in [0.5, 0.6) is 0 Å². The van der Waals surface area contributed by atoms with Gasteiger partial charge in [-0.2, -0.15) is 0 Å². The quantitative estimate of drug-likeness (QED) is 0.326. The lowest BCUT2D eigenvalue weighted by Gasteiger charge is -2.25. The fraction of sp³-hybridized carbons (Fsp3) is 0.667. The average molecular weight is 310 g/mol. The average Bonchev–Trinajstić information content (AvgIpc) is 2.19. The lowest BCUT2D eigenvalue weighted by Crippen LogP contribution is -2.53. The highest BCUT2D eigenvalue weighted by atomic mass is 32.2. The van der Waals surface area contributed by atoms with Gasteiger partial charge >= 0.3 is 11.8 Å². The van der Waals surface area contributed by atoms with Crippen LogP contribution < -0.4 is 21.1 Å². The zero-order chi connectivity index (χ0) is 15.3. The molecule has 0 spiro atoms. The first-order valence-electron chi connectivity index (χ1n) is 5.26. The summed E-state index contributed by atoms with van der Waals surface area (Å²) in [5.41, 5.74) is 4.25. The van der Waals surface area contributed by atoms with Crippen molar-refractivity contribution >= 4 is 39.0 Å². The lowest BCUT2D eigenvalue weighted by atomic mass is 10.1. The highest BCUT2D eigenvalue weighted by Crippen LogP contribution is 2.01. The summed E-state index contributed by atoms with van der Waals surface area (Å²) in [5, 5.41) is 4.52. The molecular formula is C9H18N4O4S2. The number of hydrogen-bond acceptors (Lipinski definition) is 5. The van der Waals surface area contributed by atoms with Gasteiger partial charge in [-0.25, -0.2) is 13.1 Å². The molecule has 0 aliphatic carbocycles. The van der Waals surface area contributed by atoms with Crippen molar-refractivity contribution in [3.05, 3.63) is 0 Å². The van der Waals surface area contributed by atoms with E-state index >= 15 is 0 Å². The molecule has 0 aromatic rings. The number of thiocarbonyl (C=S) groups is 1. The Labute approximate surface area is 117 Å². The van der Waals surface area contributed by atoms with E-state index in [1.165, 1.54) is 0 Å². The van der Waals surface area contributed by atoms with Gasteiger partial charge in [0.15, 0.2) is 0 Å². The first-order chi connectivity index (χ1) is 8.43. The second kappa shape index (κ2) is 6.78. The summed E-state index contributed by atoms with van der Waals surface area (Å²) in [6.07, 6.45) is 1.01. The topological polar surface area (TPSA) is 130 Å². The molecule has 110 valence electrons. The van der Waals surface area contributed by atoms with E-state index in [4.69, 9.17) is 5.73 Å². The van der Waals surface area contributed by atoms with Crippen LogP contribution in [0.15, 0.2) is 0 Å². The zero-order valence-electron chi connectivity index (χ0n) is 10.9. The Morgan fingerprint density at radius 3 is 2.11 bits per heavy atom. The number of hydrogen-bond donors (Lipinski definition) is 4. The Kier molecular flexibility index (Phi) is 6.33. The van der Waals surface area contributed by atoms with Crippen LogP contribution in [0.25, 0.3) is 0 Å². The Morgan fingerprint density at radius 2 is 1.68 bits per heavy atom. The number of amides is 2. The summed E-state index contributed by atoms with van der Waals surface area (Å²) in [4.78, 5) is 22.7. The summed E-state index contributed by atoms with van der Waals surface area (Å²) in [6.45, 7) is 3.02. The highest BCUT2D eigenvalue weighted by Gasteiger charge is 2.24. The molecule has 0 fully saturated rings. The van der Waals surface area contributed by atoms with Gasteiger partial charge in [0, 0.05) is 12.1 Å². The maximum absolute atomic E-state index is 11.4. The van der Waals surface area contributed by atoms with Crippen molar-refractivity contribution in [3.8, 4) is 0 Å². The molecule has 0 bridgehead atoms. The van der Waals surface area contributed by atoms with E-state index in [0.717, 1.165) is 6.26 Å². The Morgan fingerprint density at radius 1 is 1.21 bits per heavy atom. The van der Waals surface area contributed by atoms with Crippen LogP contribution in [0.3, 0.4) is 0 Å². The predicted molar refractivity (Wildman–Crippen MR) is 74.9 cm³/mol. The molecule has 0 saturated carbocycles. The van der Waals surface area contributed by atoms with Gasteiger partial charge in [-0.05, 0) is 13.8 Å². The summed E-state index contributed by atoms with van der Waals surface area (Å²) in [6, 6.07) is 0. The van der Waals surface area contributed by atoms with Gasteiger partial charge in [0.2, 0.25) is 10.0 Å². The van der Waals surface area contributed by atoms with Crippen LogP contribution in [-0.4, -0.2) is 50.1 Å². The highest BCUT2D eigenvalue weighted by molar-refractivity contribution is 7.88. The first kappa shape index (κ1) is 17.7. The third kappa shape index (κ3) is 9.33. The second-order valence-corrected chi connectivity index (χ2v) is 6.86. The van der Waals surface area contributed by atoms with Gasteiger partial charge in [-0.3, -0.25) is 9.59 Å². The largest absolute Gasteiger partial charge is 0.392 e. The van der Waals surface area contributed by atoms with Crippen LogP contribution in [0.2, 0.25) is 0 Å². The molecule has 2 amide bonds. The number of sulfonamides is 1. The molecule has 0 rings (SSSR count). The molecule has 5 N–H and O–H groups in total. The van der Waals surface area contributed by atoms with Crippen molar-refractivity contribution < 1.29 is 18.0 Å². The third-order valence-corrected chi connectivity index (χ3v) is 2.85. The molecule has 0 heterocycles. The van der Waals surface area contributed by atoms with E-state index in [0.29, 0.717) is 0 Å². The van der Waals surface area contributed by atoms with Gasteiger partial charge in [0.25, 0.3) is 0 Å². The number of rotatable bonds is 6. The van der Waals surface area contributed by atoms with Crippen LogP contribution in [0.1, 0.15) is 13.8 Å².